The van der Waals surface area contributed by atoms with E-state index in [0.717, 1.165) is 0 Å². The lowest BCUT2D eigenvalue weighted by atomic mass is 10.6. The highest BCUT2D eigenvalue weighted by atomic mass is 32.2. The molecule has 0 amide bonds. The summed E-state index contributed by atoms with van der Waals surface area (Å²) in [5.74, 6) is 0. The highest BCUT2D eigenvalue weighted by molar-refractivity contribution is 7.87. The molecule has 7 heteroatoms. The molecule has 0 heterocycles. The Balaban J connectivity index is 3.16. The Kier molecular flexibility index (Phi) is 5.34. The molecule has 0 aliphatic rings. The molecule has 0 aromatic rings. The van der Waals surface area contributed by atoms with Crippen molar-refractivity contribution in [1.29, 1.82) is 0 Å². The first kappa shape index (κ1) is 10.8. The molecule has 11 heavy (non-hydrogen) atoms. The Bertz CT molecular complexity index is 179. The molecule has 0 aliphatic carbocycles. The standard InChI is InChI=1S/C4H13N3O3S/c5-11(9,10)7-2-1-6-3-4-8/h6-8H,1-4H2,(H2,5,9,10). The van der Waals surface area contributed by atoms with Gasteiger partial charge in [0.05, 0.1) is 6.61 Å². The quantitative estimate of drug-likeness (QED) is 0.338. The summed E-state index contributed by atoms with van der Waals surface area (Å²) in [5.41, 5.74) is 0. The number of nitrogens with two attached hydrogens (primary N) is 1. The first-order chi connectivity index (χ1) is 5.06. The lowest BCUT2D eigenvalue weighted by Crippen LogP contribution is -2.36. The zero-order valence-corrected chi connectivity index (χ0v) is 6.89. The number of rotatable bonds is 6. The molecule has 0 saturated heterocycles. The maximum Gasteiger partial charge on any atom is 0.274 e. The topological polar surface area (TPSA) is 104 Å². The molecule has 0 saturated carbocycles. The molecule has 0 aromatic heterocycles. The van der Waals surface area contributed by atoms with Crippen molar-refractivity contribution in [3.8, 4) is 0 Å². The van der Waals surface area contributed by atoms with Crippen LogP contribution in [-0.2, 0) is 10.2 Å². The minimum atomic E-state index is -3.56. The minimum absolute atomic E-state index is 0.0371. The Hall–Kier alpha value is -0.210. The first-order valence-electron chi connectivity index (χ1n) is 3.15. The third-order valence-electron chi connectivity index (χ3n) is 0.894. The lowest BCUT2D eigenvalue weighted by molar-refractivity contribution is 0.293. The van der Waals surface area contributed by atoms with Gasteiger partial charge in [0.25, 0.3) is 10.2 Å². The molecule has 0 fully saturated rings. The fraction of sp³-hybridized carbons (Fsp3) is 1.00. The number of hydrogen-bond acceptors (Lipinski definition) is 4. The van der Waals surface area contributed by atoms with Crippen LogP contribution in [0, 0.1) is 0 Å². The summed E-state index contributed by atoms with van der Waals surface area (Å²) in [6.45, 7) is 1.18. The van der Waals surface area contributed by atoms with Crippen LogP contribution in [-0.4, -0.2) is 39.8 Å². The fourth-order valence-electron chi connectivity index (χ4n) is 0.486. The van der Waals surface area contributed by atoms with E-state index in [2.05, 4.69) is 15.2 Å². The average Bonchev–Trinajstić information content (AvgIpc) is 1.85. The van der Waals surface area contributed by atoms with Gasteiger partial charge in [-0.25, -0.2) is 9.86 Å². The van der Waals surface area contributed by atoms with E-state index in [0.29, 0.717) is 13.1 Å². The van der Waals surface area contributed by atoms with Crippen LogP contribution in [0.15, 0.2) is 0 Å². The highest BCUT2D eigenvalue weighted by Gasteiger charge is 1.97. The Morgan fingerprint density at radius 1 is 1.27 bits per heavy atom. The summed E-state index contributed by atoms with van der Waals surface area (Å²) < 4.78 is 22.6. The summed E-state index contributed by atoms with van der Waals surface area (Å²) in [4.78, 5) is 0. The van der Waals surface area contributed by atoms with E-state index >= 15 is 0 Å². The smallest absolute Gasteiger partial charge is 0.274 e. The van der Waals surface area contributed by atoms with Gasteiger partial charge in [-0.05, 0) is 0 Å². The number of hydrogen-bond donors (Lipinski definition) is 4. The van der Waals surface area contributed by atoms with Gasteiger partial charge in [-0.15, -0.1) is 0 Å². The molecule has 0 aromatic carbocycles. The van der Waals surface area contributed by atoms with Crippen molar-refractivity contribution in [2.24, 2.45) is 5.14 Å². The molecular weight excluding hydrogens is 170 g/mol. The van der Waals surface area contributed by atoms with Gasteiger partial charge in [-0.2, -0.15) is 8.42 Å². The summed E-state index contributed by atoms with van der Waals surface area (Å²) in [6, 6.07) is 0. The predicted molar refractivity (Wildman–Crippen MR) is 41.1 cm³/mol. The molecule has 68 valence electrons. The number of aliphatic hydroxyl groups excluding tert-OH is 1. The Morgan fingerprint density at radius 2 is 1.91 bits per heavy atom. The van der Waals surface area contributed by atoms with Gasteiger partial charge in [0.1, 0.15) is 0 Å². The van der Waals surface area contributed by atoms with E-state index < -0.39 is 10.2 Å². The predicted octanol–water partition coefficient (Wildman–Crippen LogP) is -2.64. The van der Waals surface area contributed by atoms with Crippen LogP contribution in [0.4, 0.5) is 0 Å². The second-order valence-corrected chi connectivity index (χ2v) is 3.29. The van der Waals surface area contributed by atoms with Crippen molar-refractivity contribution in [1.82, 2.24) is 10.0 Å². The van der Waals surface area contributed by atoms with Crippen molar-refractivity contribution < 1.29 is 13.5 Å². The van der Waals surface area contributed by atoms with Gasteiger partial charge in [0.15, 0.2) is 0 Å². The normalized spacial score (nSPS) is 11.8. The molecular formula is C4H13N3O3S. The SMILES string of the molecule is NS(=O)(=O)NCCNCCO. The molecule has 5 N–H and O–H groups in total. The monoisotopic (exact) mass is 183 g/mol. The second-order valence-electron chi connectivity index (χ2n) is 1.91. The van der Waals surface area contributed by atoms with Crippen LogP contribution < -0.4 is 15.2 Å². The summed E-state index contributed by atoms with van der Waals surface area (Å²) in [6.07, 6.45) is 0. The van der Waals surface area contributed by atoms with Crippen LogP contribution in [0.25, 0.3) is 0 Å². The summed E-state index contributed by atoms with van der Waals surface area (Å²) in [7, 11) is -3.56. The Labute approximate surface area is 66.0 Å². The van der Waals surface area contributed by atoms with E-state index in [1.165, 1.54) is 0 Å². The molecule has 0 spiro atoms. The van der Waals surface area contributed by atoms with Crippen molar-refractivity contribution in [3.05, 3.63) is 0 Å². The summed E-state index contributed by atoms with van der Waals surface area (Å²) >= 11 is 0. The van der Waals surface area contributed by atoms with Crippen molar-refractivity contribution in [2.45, 2.75) is 0 Å². The van der Waals surface area contributed by atoms with Gasteiger partial charge in [-0.1, -0.05) is 0 Å². The molecule has 0 unspecified atom stereocenters. The molecule has 0 radical (unpaired) electrons. The van der Waals surface area contributed by atoms with Crippen molar-refractivity contribution in [3.63, 3.8) is 0 Å². The average molecular weight is 183 g/mol. The zero-order valence-electron chi connectivity index (χ0n) is 6.08. The van der Waals surface area contributed by atoms with E-state index in [-0.39, 0.29) is 13.2 Å². The number of aliphatic hydroxyl groups is 1. The highest BCUT2D eigenvalue weighted by Crippen LogP contribution is 1.65. The van der Waals surface area contributed by atoms with Crippen LogP contribution in [0.5, 0.6) is 0 Å². The fourth-order valence-corrected chi connectivity index (χ4v) is 0.872. The van der Waals surface area contributed by atoms with Gasteiger partial charge in [-0.3, -0.25) is 0 Å². The first-order valence-corrected chi connectivity index (χ1v) is 4.70. The van der Waals surface area contributed by atoms with Gasteiger partial charge in [0, 0.05) is 19.6 Å². The van der Waals surface area contributed by atoms with Crippen LogP contribution in [0.3, 0.4) is 0 Å². The van der Waals surface area contributed by atoms with Crippen LogP contribution in [0.2, 0.25) is 0 Å². The van der Waals surface area contributed by atoms with E-state index in [9.17, 15) is 8.42 Å². The third-order valence-corrected chi connectivity index (χ3v) is 1.50. The maximum atomic E-state index is 10.3. The second kappa shape index (κ2) is 5.44. The summed E-state index contributed by atoms with van der Waals surface area (Å²) in [5, 5.41) is 15.7. The van der Waals surface area contributed by atoms with E-state index in [1.807, 2.05) is 0 Å². The molecule has 0 rings (SSSR count). The lowest BCUT2D eigenvalue weighted by Gasteiger charge is -2.02. The van der Waals surface area contributed by atoms with E-state index in [1.54, 1.807) is 0 Å². The largest absolute Gasteiger partial charge is 0.395 e. The third kappa shape index (κ3) is 9.79. The maximum absolute atomic E-state index is 10.3. The molecule has 0 bridgehead atoms. The molecule has 6 nitrogen and oxygen atoms in total. The molecule has 0 atom stereocenters. The Morgan fingerprint density at radius 3 is 2.36 bits per heavy atom. The number of nitrogens with one attached hydrogen (secondary N) is 2. The van der Waals surface area contributed by atoms with Crippen LogP contribution >= 0.6 is 0 Å². The van der Waals surface area contributed by atoms with Gasteiger partial charge in [0.2, 0.25) is 0 Å². The van der Waals surface area contributed by atoms with Crippen molar-refractivity contribution in [2.75, 3.05) is 26.2 Å². The van der Waals surface area contributed by atoms with Crippen LogP contribution in [0.1, 0.15) is 0 Å². The zero-order chi connectivity index (χ0) is 8.74. The van der Waals surface area contributed by atoms with Crippen molar-refractivity contribution >= 4 is 10.2 Å². The van der Waals surface area contributed by atoms with Gasteiger partial charge >= 0.3 is 0 Å². The molecule has 0 aliphatic heterocycles. The minimum Gasteiger partial charge on any atom is -0.395 e. The van der Waals surface area contributed by atoms with E-state index in [4.69, 9.17) is 5.11 Å². The van der Waals surface area contributed by atoms with Gasteiger partial charge < -0.3 is 10.4 Å².